The van der Waals surface area contributed by atoms with Crippen molar-refractivity contribution in [2.75, 3.05) is 0 Å². The predicted octanol–water partition coefficient (Wildman–Crippen LogP) is 3.59. The van der Waals surface area contributed by atoms with Crippen molar-refractivity contribution in [1.82, 2.24) is 0 Å². The number of hydrogen-bond acceptors (Lipinski definition) is 1. The summed E-state index contributed by atoms with van der Waals surface area (Å²) in [5.41, 5.74) is 1.60. The highest BCUT2D eigenvalue weighted by molar-refractivity contribution is 5.22. The smallest absolute Gasteiger partial charge is 0.0611 e. The van der Waals surface area contributed by atoms with Gasteiger partial charge in [-0.3, -0.25) is 0 Å². The molecule has 3 atom stereocenters. The van der Waals surface area contributed by atoms with E-state index in [0.29, 0.717) is 17.3 Å². The maximum absolute atomic E-state index is 10.2. The summed E-state index contributed by atoms with van der Waals surface area (Å²) in [5, 5.41) is 10.2. The zero-order chi connectivity index (χ0) is 11.8. The van der Waals surface area contributed by atoms with Crippen molar-refractivity contribution in [3.63, 3.8) is 0 Å². The molecule has 88 valence electrons. The molecule has 0 radical (unpaired) electrons. The summed E-state index contributed by atoms with van der Waals surface area (Å²) < 4.78 is 0. The summed E-state index contributed by atoms with van der Waals surface area (Å²) >= 11 is 0. The molecule has 0 heterocycles. The molecule has 1 nitrogen and oxygen atoms in total. The van der Waals surface area contributed by atoms with E-state index in [9.17, 15) is 5.11 Å². The minimum atomic E-state index is -0.161. The van der Waals surface area contributed by atoms with Gasteiger partial charge in [0.25, 0.3) is 0 Å². The minimum Gasteiger partial charge on any atom is -0.392 e. The molecule has 0 aromatic heterocycles. The van der Waals surface area contributed by atoms with Crippen LogP contribution in [0.25, 0.3) is 0 Å². The van der Waals surface area contributed by atoms with E-state index in [0.717, 1.165) is 12.8 Å². The first-order valence-corrected chi connectivity index (χ1v) is 6.21. The maximum Gasteiger partial charge on any atom is 0.0611 e. The Morgan fingerprint density at radius 2 is 1.69 bits per heavy atom. The highest BCUT2D eigenvalue weighted by Gasteiger charge is 2.39. The SMILES string of the molecule is CC(C)(C)[C@@H]1CC(O)[C@@H](c2ccccc2)C1. The Labute approximate surface area is 98.5 Å². The molecule has 1 N–H and O–H groups in total. The van der Waals surface area contributed by atoms with Crippen LogP contribution in [0.2, 0.25) is 0 Å². The monoisotopic (exact) mass is 218 g/mol. The van der Waals surface area contributed by atoms with Gasteiger partial charge in [-0.25, -0.2) is 0 Å². The Hall–Kier alpha value is -0.820. The molecule has 1 aromatic rings. The molecule has 0 aliphatic heterocycles. The lowest BCUT2D eigenvalue weighted by atomic mass is 9.79. The lowest BCUT2D eigenvalue weighted by molar-refractivity contribution is 0.147. The van der Waals surface area contributed by atoms with Crippen LogP contribution in [0.1, 0.15) is 45.1 Å². The van der Waals surface area contributed by atoms with Crippen LogP contribution in [0.4, 0.5) is 0 Å². The zero-order valence-corrected chi connectivity index (χ0v) is 10.5. The van der Waals surface area contributed by atoms with E-state index < -0.39 is 0 Å². The van der Waals surface area contributed by atoms with Crippen LogP contribution in [0.15, 0.2) is 30.3 Å². The fourth-order valence-electron chi connectivity index (χ4n) is 2.78. The molecule has 1 aromatic carbocycles. The average Bonchev–Trinajstić information content (AvgIpc) is 2.61. The molecule has 1 fully saturated rings. The first-order valence-electron chi connectivity index (χ1n) is 6.21. The lowest BCUT2D eigenvalue weighted by Crippen LogP contribution is -2.18. The number of hydrogen-bond donors (Lipinski definition) is 1. The van der Waals surface area contributed by atoms with Crippen molar-refractivity contribution in [1.29, 1.82) is 0 Å². The Kier molecular flexibility index (Phi) is 3.07. The molecular formula is C15H22O. The lowest BCUT2D eigenvalue weighted by Gasteiger charge is -2.26. The van der Waals surface area contributed by atoms with Crippen LogP contribution >= 0.6 is 0 Å². The Morgan fingerprint density at radius 3 is 2.19 bits per heavy atom. The molecule has 0 saturated heterocycles. The summed E-state index contributed by atoms with van der Waals surface area (Å²) in [6.45, 7) is 6.83. The first kappa shape index (κ1) is 11.7. The summed E-state index contributed by atoms with van der Waals surface area (Å²) in [5.74, 6) is 0.970. The second-order valence-corrected chi connectivity index (χ2v) is 6.12. The number of aliphatic hydroxyl groups is 1. The van der Waals surface area contributed by atoms with E-state index in [1.807, 2.05) is 6.07 Å². The molecule has 2 rings (SSSR count). The fraction of sp³-hybridized carbons (Fsp3) is 0.600. The van der Waals surface area contributed by atoms with E-state index in [1.54, 1.807) is 0 Å². The number of aliphatic hydroxyl groups excluding tert-OH is 1. The molecule has 1 aliphatic carbocycles. The largest absolute Gasteiger partial charge is 0.392 e. The van der Waals surface area contributed by atoms with Crippen LogP contribution in [-0.4, -0.2) is 11.2 Å². The van der Waals surface area contributed by atoms with Gasteiger partial charge >= 0.3 is 0 Å². The second-order valence-electron chi connectivity index (χ2n) is 6.12. The van der Waals surface area contributed by atoms with Crippen LogP contribution < -0.4 is 0 Å². The van der Waals surface area contributed by atoms with Crippen LogP contribution in [0, 0.1) is 11.3 Å². The normalized spacial score (nSPS) is 30.6. The minimum absolute atomic E-state index is 0.161. The second kappa shape index (κ2) is 4.21. The molecule has 16 heavy (non-hydrogen) atoms. The highest BCUT2D eigenvalue weighted by Crippen LogP contribution is 2.46. The van der Waals surface area contributed by atoms with E-state index in [1.165, 1.54) is 5.56 Å². The molecule has 1 aliphatic rings. The van der Waals surface area contributed by atoms with Crippen molar-refractivity contribution in [2.24, 2.45) is 11.3 Å². The topological polar surface area (TPSA) is 20.2 Å². The van der Waals surface area contributed by atoms with Gasteiger partial charge in [0.15, 0.2) is 0 Å². The van der Waals surface area contributed by atoms with E-state index in [2.05, 4.69) is 45.0 Å². The van der Waals surface area contributed by atoms with Crippen LogP contribution in [0.5, 0.6) is 0 Å². The molecule has 0 spiro atoms. The third kappa shape index (κ3) is 2.30. The van der Waals surface area contributed by atoms with Crippen molar-refractivity contribution < 1.29 is 5.11 Å². The summed E-state index contributed by atoms with van der Waals surface area (Å²) in [7, 11) is 0. The van der Waals surface area contributed by atoms with E-state index >= 15 is 0 Å². The summed E-state index contributed by atoms with van der Waals surface area (Å²) in [4.78, 5) is 0. The average molecular weight is 218 g/mol. The number of benzene rings is 1. The third-order valence-corrected chi connectivity index (χ3v) is 3.98. The van der Waals surface area contributed by atoms with Gasteiger partial charge in [-0.2, -0.15) is 0 Å². The Balaban J connectivity index is 2.15. The predicted molar refractivity (Wildman–Crippen MR) is 67.4 cm³/mol. The van der Waals surface area contributed by atoms with Gasteiger partial charge < -0.3 is 5.11 Å². The Bertz CT molecular complexity index is 336. The van der Waals surface area contributed by atoms with Crippen molar-refractivity contribution >= 4 is 0 Å². The standard InChI is InChI=1S/C15H22O/c1-15(2,3)12-9-13(14(16)10-12)11-7-5-4-6-8-11/h4-8,12-14,16H,9-10H2,1-3H3/t12-,13+,14?/m0/s1. The number of rotatable bonds is 1. The summed E-state index contributed by atoms with van der Waals surface area (Å²) in [6.07, 6.45) is 1.91. The Morgan fingerprint density at radius 1 is 1.06 bits per heavy atom. The van der Waals surface area contributed by atoms with Gasteiger partial charge in [0, 0.05) is 5.92 Å². The van der Waals surface area contributed by atoms with Gasteiger partial charge in [0.1, 0.15) is 0 Å². The van der Waals surface area contributed by atoms with Gasteiger partial charge in [0.05, 0.1) is 6.10 Å². The van der Waals surface area contributed by atoms with E-state index in [-0.39, 0.29) is 6.10 Å². The van der Waals surface area contributed by atoms with Crippen LogP contribution in [0.3, 0.4) is 0 Å². The van der Waals surface area contributed by atoms with Gasteiger partial charge in [0.2, 0.25) is 0 Å². The first-order chi connectivity index (χ1) is 7.48. The quantitative estimate of drug-likeness (QED) is 0.763. The van der Waals surface area contributed by atoms with Crippen molar-refractivity contribution in [3.8, 4) is 0 Å². The molecule has 1 unspecified atom stereocenters. The van der Waals surface area contributed by atoms with Gasteiger partial charge in [-0.15, -0.1) is 0 Å². The fourth-order valence-corrected chi connectivity index (χ4v) is 2.78. The highest BCUT2D eigenvalue weighted by atomic mass is 16.3. The van der Waals surface area contributed by atoms with Gasteiger partial charge in [-0.1, -0.05) is 51.1 Å². The molecule has 0 amide bonds. The molecule has 0 bridgehead atoms. The van der Waals surface area contributed by atoms with Gasteiger partial charge in [-0.05, 0) is 29.7 Å². The molecule has 1 saturated carbocycles. The maximum atomic E-state index is 10.2. The molecule has 1 heteroatoms. The van der Waals surface area contributed by atoms with E-state index in [4.69, 9.17) is 0 Å². The third-order valence-electron chi connectivity index (χ3n) is 3.98. The van der Waals surface area contributed by atoms with Crippen molar-refractivity contribution in [3.05, 3.63) is 35.9 Å². The van der Waals surface area contributed by atoms with Crippen molar-refractivity contribution in [2.45, 2.75) is 45.6 Å². The summed E-state index contributed by atoms with van der Waals surface area (Å²) in [6, 6.07) is 10.4. The zero-order valence-electron chi connectivity index (χ0n) is 10.5. The van der Waals surface area contributed by atoms with Crippen LogP contribution in [-0.2, 0) is 0 Å². The molecular weight excluding hydrogens is 196 g/mol.